The summed E-state index contributed by atoms with van der Waals surface area (Å²) in [4.78, 5) is 0. The second kappa shape index (κ2) is 4.94. The maximum Gasteiger partial charge on any atom is -0.0350 e. The van der Waals surface area contributed by atoms with Crippen molar-refractivity contribution in [1.82, 2.24) is 0 Å². The molecule has 0 aromatic carbocycles. The molecule has 3 fully saturated rings. The lowest BCUT2D eigenvalue weighted by Crippen LogP contribution is -2.32. The molecule has 5 unspecified atom stereocenters. The van der Waals surface area contributed by atoms with Crippen LogP contribution >= 0.6 is 0 Å². The monoisotopic (exact) mass is 234 g/mol. The third kappa shape index (κ3) is 2.29. The molecular formula is C17H30. The highest BCUT2D eigenvalue weighted by Crippen LogP contribution is 2.54. The lowest BCUT2D eigenvalue weighted by atomic mass is 9.65. The van der Waals surface area contributed by atoms with E-state index in [1.165, 1.54) is 25.7 Å². The molecule has 0 radical (unpaired) electrons. The van der Waals surface area contributed by atoms with Gasteiger partial charge in [-0.05, 0) is 61.2 Å². The van der Waals surface area contributed by atoms with Gasteiger partial charge in [0.2, 0.25) is 0 Å². The fourth-order valence-corrected chi connectivity index (χ4v) is 5.70. The predicted octanol–water partition coefficient (Wildman–Crippen LogP) is 5.28. The maximum absolute atomic E-state index is 2.54. The standard InChI is InChI=1S/C17H30/c1-12-10-13(2)15-8-9-16(17(15)11-12)14-6-4-3-5-7-14/h12-17H,3-11H2,1-2H3. The van der Waals surface area contributed by atoms with Crippen molar-refractivity contribution in [1.29, 1.82) is 0 Å². The van der Waals surface area contributed by atoms with Gasteiger partial charge in [-0.2, -0.15) is 0 Å². The van der Waals surface area contributed by atoms with Gasteiger partial charge >= 0.3 is 0 Å². The third-order valence-corrected chi connectivity index (χ3v) is 6.37. The van der Waals surface area contributed by atoms with Crippen LogP contribution in [0.2, 0.25) is 0 Å². The van der Waals surface area contributed by atoms with Crippen molar-refractivity contribution in [2.75, 3.05) is 0 Å². The van der Waals surface area contributed by atoms with Gasteiger partial charge in [0.05, 0.1) is 0 Å². The molecular weight excluding hydrogens is 204 g/mol. The smallest absolute Gasteiger partial charge is 0.0350 e. The van der Waals surface area contributed by atoms with Crippen LogP contribution in [0.1, 0.15) is 71.6 Å². The minimum atomic E-state index is 1.01. The molecule has 0 heterocycles. The molecule has 17 heavy (non-hydrogen) atoms. The van der Waals surface area contributed by atoms with Crippen molar-refractivity contribution >= 4 is 0 Å². The fourth-order valence-electron chi connectivity index (χ4n) is 5.70. The van der Waals surface area contributed by atoms with E-state index in [0.29, 0.717) is 0 Å². The maximum atomic E-state index is 2.54. The quantitative estimate of drug-likeness (QED) is 0.579. The molecule has 3 saturated carbocycles. The first kappa shape index (κ1) is 12.1. The highest BCUT2D eigenvalue weighted by atomic mass is 14.5. The van der Waals surface area contributed by atoms with Gasteiger partial charge in [-0.1, -0.05) is 46.0 Å². The minimum Gasteiger partial charge on any atom is -0.0625 e. The van der Waals surface area contributed by atoms with Crippen molar-refractivity contribution in [3.8, 4) is 0 Å². The van der Waals surface area contributed by atoms with Crippen molar-refractivity contribution in [2.24, 2.45) is 35.5 Å². The topological polar surface area (TPSA) is 0 Å². The van der Waals surface area contributed by atoms with E-state index in [1.54, 1.807) is 32.1 Å². The van der Waals surface area contributed by atoms with Gasteiger partial charge < -0.3 is 0 Å². The number of hydrogen-bond acceptors (Lipinski definition) is 0. The Balaban J connectivity index is 1.69. The summed E-state index contributed by atoms with van der Waals surface area (Å²) in [5.41, 5.74) is 0. The van der Waals surface area contributed by atoms with Gasteiger partial charge in [0.1, 0.15) is 0 Å². The van der Waals surface area contributed by atoms with Crippen LogP contribution < -0.4 is 0 Å². The molecule has 3 aliphatic rings. The second-order valence-electron chi connectivity index (χ2n) is 7.52. The zero-order valence-corrected chi connectivity index (χ0v) is 11.8. The Bertz CT molecular complexity index is 251. The molecule has 0 saturated heterocycles. The molecule has 0 nitrogen and oxygen atoms in total. The van der Waals surface area contributed by atoms with E-state index in [9.17, 15) is 0 Å². The van der Waals surface area contributed by atoms with Crippen molar-refractivity contribution in [2.45, 2.75) is 71.6 Å². The molecule has 0 N–H and O–H groups in total. The summed E-state index contributed by atoms with van der Waals surface area (Å²) in [5.74, 6) is 6.52. The summed E-state index contributed by atoms with van der Waals surface area (Å²) in [6.45, 7) is 5.04. The molecule has 5 atom stereocenters. The summed E-state index contributed by atoms with van der Waals surface area (Å²) >= 11 is 0. The summed E-state index contributed by atoms with van der Waals surface area (Å²) in [5, 5.41) is 0. The Kier molecular flexibility index (Phi) is 3.50. The average molecular weight is 234 g/mol. The summed E-state index contributed by atoms with van der Waals surface area (Å²) in [7, 11) is 0. The Morgan fingerprint density at radius 1 is 0.647 bits per heavy atom. The van der Waals surface area contributed by atoms with E-state index in [4.69, 9.17) is 0 Å². The van der Waals surface area contributed by atoms with Crippen molar-refractivity contribution in [3.63, 3.8) is 0 Å². The summed E-state index contributed by atoms with van der Waals surface area (Å²) < 4.78 is 0. The average Bonchev–Trinajstić information content (AvgIpc) is 2.74. The van der Waals surface area contributed by atoms with Crippen LogP contribution in [-0.4, -0.2) is 0 Å². The molecule has 0 amide bonds. The van der Waals surface area contributed by atoms with Crippen LogP contribution in [0.25, 0.3) is 0 Å². The fraction of sp³-hybridized carbons (Fsp3) is 1.00. The zero-order valence-electron chi connectivity index (χ0n) is 11.8. The highest BCUT2D eigenvalue weighted by molar-refractivity contribution is 4.94. The molecule has 0 spiro atoms. The summed E-state index contributed by atoms with van der Waals surface area (Å²) in [6.07, 6.45) is 13.9. The number of hydrogen-bond donors (Lipinski definition) is 0. The zero-order chi connectivity index (χ0) is 11.8. The Labute approximate surface area is 108 Å². The first-order chi connectivity index (χ1) is 8.25. The van der Waals surface area contributed by atoms with Crippen LogP contribution in [0.5, 0.6) is 0 Å². The van der Waals surface area contributed by atoms with Crippen LogP contribution in [0.4, 0.5) is 0 Å². The molecule has 0 bridgehead atoms. The van der Waals surface area contributed by atoms with E-state index >= 15 is 0 Å². The second-order valence-corrected chi connectivity index (χ2v) is 7.52. The van der Waals surface area contributed by atoms with Gasteiger partial charge in [-0.3, -0.25) is 0 Å². The minimum absolute atomic E-state index is 1.01. The highest BCUT2D eigenvalue weighted by Gasteiger charge is 2.45. The van der Waals surface area contributed by atoms with Crippen LogP contribution in [0, 0.1) is 35.5 Å². The molecule has 3 rings (SSSR count). The normalized spacial score (nSPS) is 48.0. The Hall–Kier alpha value is 0. The Morgan fingerprint density at radius 2 is 1.35 bits per heavy atom. The number of rotatable bonds is 1. The first-order valence-corrected chi connectivity index (χ1v) is 8.25. The van der Waals surface area contributed by atoms with Crippen LogP contribution in [-0.2, 0) is 0 Å². The van der Waals surface area contributed by atoms with Gasteiger partial charge in [0.25, 0.3) is 0 Å². The van der Waals surface area contributed by atoms with E-state index < -0.39 is 0 Å². The first-order valence-electron chi connectivity index (χ1n) is 8.25. The molecule has 3 aliphatic carbocycles. The molecule has 98 valence electrons. The molecule has 0 aliphatic heterocycles. The van der Waals surface area contributed by atoms with Gasteiger partial charge in [0.15, 0.2) is 0 Å². The lowest BCUT2D eigenvalue weighted by Gasteiger charge is -2.40. The van der Waals surface area contributed by atoms with Crippen LogP contribution in [0.3, 0.4) is 0 Å². The molecule has 0 heteroatoms. The third-order valence-electron chi connectivity index (χ3n) is 6.37. The van der Waals surface area contributed by atoms with Crippen molar-refractivity contribution in [3.05, 3.63) is 0 Å². The Morgan fingerprint density at radius 3 is 2.12 bits per heavy atom. The molecule has 0 aromatic heterocycles. The van der Waals surface area contributed by atoms with E-state index in [0.717, 1.165) is 35.5 Å². The van der Waals surface area contributed by atoms with Gasteiger partial charge in [-0.25, -0.2) is 0 Å². The van der Waals surface area contributed by atoms with Crippen LogP contribution in [0.15, 0.2) is 0 Å². The largest absolute Gasteiger partial charge is 0.0625 e. The lowest BCUT2D eigenvalue weighted by molar-refractivity contribution is 0.0905. The summed E-state index contributed by atoms with van der Waals surface area (Å²) in [6, 6.07) is 0. The van der Waals surface area contributed by atoms with Gasteiger partial charge in [-0.15, -0.1) is 0 Å². The van der Waals surface area contributed by atoms with E-state index in [2.05, 4.69) is 13.8 Å². The predicted molar refractivity (Wildman–Crippen MR) is 73.8 cm³/mol. The van der Waals surface area contributed by atoms with Crippen molar-refractivity contribution < 1.29 is 0 Å². The SMILES string of the molecule is CC1CC(C)C2CCC(C3CCCCC3)C2C1. The molecule has 0 aromatic rings. The van der Waals surface area contributed by atoms with E-state index in [1.807, 2.05) is 0 Å². The van der Waals surface area contributed by atoms with Gasteiger partial charge in [0, 0.05) is 0 Å². The number of fused-ring (bicyclic) bond motifs is 1. The van der Waals surface area contributed by atoms with E-state index in [-0.39, 0.29) is 0 Å².